The van der Waals surface area contributed by atoms with E-state index >= 15 is 0 Å². The van der Waals surface area contributed by atoms with Gasteiger partial charge in [0.25, 0.3) is 0 Å². The first-order valence-corrected chi connectivity index (χ1v) is 19.2. The van der Waals surface area contributed by atoms with E-state index in [0.29, 0.717) is 11.6 Å². The van der Waals surface area contributed by atoms with Crippen molar-refractivity contribution >= 4 is 5.57 Å². The average Bonchev–Trinajstić information content (AvgIpc) is 3.28. The van der Waals surface area contributed by atoms with Crippen LogP contribution in [0.15, 0.2) is 200 Å². The third-order valence-corrected chi connectivity index (χ3v) is 10.0. The van der Waals surface area contributed by atoms with Crippen molar-refractivity contribution in [3.05, 3.63) is 211 Å². The van der Waals surface area contributed by atoms with Crippen molar-refractivity contribution in [2.24, 2.45) is 0 Å². The second-order valence-corrected chi connectivity index (χ2v) is 14.2. The minimum absolute atomic E-state index is 0.616. The van der Waals surface area contributed by atoms with Crippen LogP contribution in [0, 0.1) is 6.92 Å². The molecule has 274 valence electrons. The Hall–Kier alpha value is -7.30. The lowest BCUT2D eigenvalue weighted by Crippen LogP contribution is -2.04. The van der Waals surface area contributed by atoms with Gasteiger partial charge in [0.2, 0.25) is 0 Å². The van der Waals surface area contributed by atoms with Crippen molar-refractivity contribution in [2.45, 2.75) is 20.8 Å². The molecule has 0 atom stereocenters. The van der Waals surface area contributed by atoms with E-state index < -0.39 is 0 Å². The highest BCUT2D eigenvalue weighted by Crippen LogP contribution is 2.37. The van der Waals surface area contributed by atoms with Gasteiger partial charge in [-0.2, -0.15) is 0 Å². The summed E-state index contributed by atoms with van der Waals surface area (Å²) in [6, 6.07) is 58.6. The maximum absolute atomic E-state index is 5.37. The van der Waals surface area contributed by atoms with Gasteiger partial charge in [0.15, 0.2) is 11.6 Å². The minimum Gasteiger partial charge on any atom is -0.228 e. The first-order valence-electron chi connectivity index (χ1n) is 19.2. The lowest BCUT2D eigenvalue weighted by molar-refractivity contribution is 1.11. The minimum atomic E-state index is 0.616. The van der Waals surface area contributed by atoms with Gasteiger partial charge in [-0.1, -0.05) is 170 Å². The fourth-order valence-electron chi connectivity index (χ4n) is 7.08. The van der Waals surface area contributed by atoms with Crippen LogP contribution in [-0.4, -0.2) is 19.9 Å². The van der Waals surface area contributed by atoms with Crippen molar-refractivity contribution in [2.75, 3.05) is 0 Å². The van der Waals surface area contributed by atoms with E-state index in [9.17, 15) is 0 Å². The second-order valence-electron chi connectivity index (χ2n) is 14.2. The molecule has 0 aliphatic rings. The Labute approximate surface area is 335 Å². The number of aromatic nitrogens is 4. The van der Waals surface area contributed by atoms with E-state index in [4.69, 9.17) is 19.9 Å². The lowest BCUT2D eigenvalue weighted by atomic mass is 9.95. The van der Waals surface area contributed by atoms with E-state index in [0.717, 1.165) is 89.6 Å². The highest BCUT2D eigenvalue weighted by molar-refractivity contribution is 5.84. The SMILES string of the molecule is C=C/C=C\C(=C(C)C)c1nc(-c2cc(-c3cccc(-c4ccccc4)c3)cc(-c3nc(-c4ccccc4)cc(-c4ccccc4)n3)c2)nc(-c2ccccc2)c1C. The lowest BCUT2D eigenvalue weighted by Gasteiger charge is -2.17. The van der Waals surface area contributed by atoms with Crippen molar-refractivity contribution in [1.82, 2.24) is 19.9 Å². The molecule has 8 rings (SSSR count). The van der Waals surface area contributed by atoms with Crippen molar-refractivity contribution < 1.29 is 0 Å². The van der Waals surface area contributed by atoms with E-state index in [1.807, 2.05) is 54.6 Å². The number of hydrogen-bond donors (Lipinski definition) is 0. The first-order chi connectivity index (χ1) is 27.9. The monoisotopic (exact) mass is 734 g/mol. The molecular formula is C53H42N4. The summed E-state index contributed by atoms with van der Waals surface area (Å²) in [5, 5.41) is 0. The molecule has 0 amide bonds. The van der Waals surface area contributed by atoms with Crippen LogP contribution < -0.4 is 0 Å². The van der Waals surface area contributed by atoms with E-state index in [2.05, 4.69) is 155 Å². The Kier molecular flexibility index (Phi) is 10.7. The zero-order chi connectivity index (χ0) is 39.1. The van der Waals surface area contributed by atoms with Gasteiger partial charge in [0, 0.05) is 33.4 Å². The predicted octanol–water partition coefficient (Wildman–Crippen LogP) is 13.8. The van der Waals surface area contributed by atoms with Gasteiger partial charge in [-0.25, -0.2) is 19.9 Å². The average molecular weight is 735 g/mol. The summed E-state index contributed by atoms with van der Waals surface area (Å²) in [4.78, 5) is 21.2. The number of nitrogens with zero attached hydrogens (tertiary/aromatic N) is 4. The highest BCUT2D eigenvalue weighted by atomic mass is 14.9. The molecule has 2 aromatic heterocycles. The zero-order valence-electron chi connectivity index (χ0n) is 32.4. The normalized spacial score (nSPS) is 11.1. The molecule has 2 heterocycles. The summed E-state index contributed by atoms with van der Waals surface area (Å²) in [7, 11) is 0. The quantitative estimate of drug-likeness (QED) is 0.131. The van der Waals surface area contributed by atoms with E-state index in [1.54, 1.807) is 6.08 Å². The topological polar surface area (TPSA) is 51.6 Å². The van der Waals surface area contributed by atoms with Crippen LogP contribution in [0.25, 0.3) is 84.4 Å². The fourth-order valence-corrected chi connectivity index (χ4v) is 7.08. The maximum Gasteiger partial charge on any atom is 0.160 e. The molecule has 8 aromatic rings. The van der Waals surface area contributed by atoms with Crippen LogP contribution >= 0.6 is 0 Å². The van der Waals surface area contributed by atoms with Gasteiger partial charge in [-0.15, -0.1) is 0 Å². The van der Waals surface area contributed by atoms with E-state index in [1.165, 1.54) is 0 Å². The molecule has 0 spiro atoms. The summed E-state index contributed by atoms with van der Waals surface area (Å²) in [6.07, 6.45) is 5.85. The van der Waals surface area contributed by atoms with Gasteiger partial charge in [0.1, 0.15) is 0 Å². The molecule has 4 heteroatoms. The number of allylic oxidation sites excluding steroid dienone is 5. The molecule has 4 nitrogen and oxygen atoms in total. The molecule has 57 heavy (non-hydrogen) atoms. The van der Waals surface area contributed by atoms with Gasteiger partial charge >= 0.3 is 0 Å². The third kappa shape index (κ3) is 8.07. The first kappa shape index (κ1) is 36.7. The summed E-state index contributed by atoms with van der Waals surface area (Å²) < 4.78 is 0. The zero-order valence-corrected chi connectivity index (χ0v) is 32.4. The van der Waals surface area contributed by atoms with Crippen LogP contribution in [0.3, 0.4) is 0 Å². The largest absolute Gasteiger partial charge is 0.228 e. The Morgan fingerprint density at radius 3 is 1.40 bits per heavy atom. The molecule has 6 aromatic carbocycles. The molecule has 0 fully saturated rings. The number of hydrogen-bond acceptors (Lipinski definition) is 4. The van der Waals surface area contributed by atoms with E-state index in [-0.39, 0.29) is 0 Å². The second kappa shape index (κ2) is 16.6. The van der Waals surface area contributed by atoms with Crippen molar-refractivity contribution in [3.63, 3.8) is 0 Å². The molecule has 0 N–H and O–H groups in total. The Morgan fingerprint density at radius 1 is 0.439 bits per heavy atom. The Bertz CT molecular complexity index is 2690. The standard InChI is InChI=1S/C53H42N4/c1-5-6-30-47(36(2)3)51-37(4)50(41-26-17-10-18-27-41)56-53(57-51)46-33-44(43-29-19-28-42(31-43)38-20-11-7-12-21-38)32-45(34-46)52-54-48(39-22-13-8-14-23-39)35-49(55-52)40-24-15-9-16-25-40/h5-35H,1H2,2-4H3/b30-6-. The molecule has 0 saturated carbocycles. The summed E-state index contributed by atoms with van der Waals surface area (Å²) in [5.41, 5.74) is 15.8. The highest BCUT2D eigenvalue weighted by Gasteiger charge is 2.19. The summed E-state index contributed by atoms with van der Waals surface area (Å²) in [6.45, 7) is 10.3. The smallest absolute Gasteiger partial charge is 0.160 e. The summed E-state index contributed by atoms with van der Waals surface area (Å²) >= 11 is 0. The molecule has 0 radical (unpaired) electrons. The van der Waals surface area contributed by atoms with Gasteiger partial charge in [-0.05, 0) is 78.9 Å². The fraction of sp³-hybridized carbons (Fsp3) is 0.0566. The Morgan fingerprint density at radius 2 is 0.877 bits per heavy atom. The molecule has 0 saturated heterocycles. The summed E-state index contributed by atoms with van der Waals surface area (Å²) in [5.74, 6) is 1.23. The van der Waals surface area contributed by atoms with Crippen LogP contribution in [-0.2, 0) is 0 Å². The Balaban J connectivity index is 1.41. The van der Waals surface area contributed by atoms with Crippen LogP contribution in [0.4, 0.5) is 0 Å². The van der Waals surface area contributed by atoms with Gasteiger partial charge < -0.3 is 0 Å². The van der Waals surface area contributed by atoms with Crippen LogP contribution in [0.5, 0.6) is 0 Å². The number of benzene rings is 6. The molecule has 0 aliphatic carbocycles. The van der Waals surface area contributed by atoms with Crippen LogP contribution in [0.1, 0.15) is 25.1 Å². The molecule has 0 unspecified atom stereocenters. The van der Waals surface area contributed by atoms with Crippen molar-refractivity contribution in [3.8, 4) is 78.8 Å². The van der Waals surface area contributed by atoms with Gasteiger partial charge in [0.05, 0.1) is 22.8 Å². The number of rotatable bonds is 10. The maximum atomic E-state index is 5.37. The molecular weight excluding hydrogens is 693 g/mol. The van der Waals surface area contributed by atoms with Crippen LogP contribution in [0.2, 0.25) is 0 Å². The third-order valence-electron chi connectivity index (χ3n) is 10.0. The van der Waals surface area contributed by atoms with Gasteiger partial charge in [-0.3, -0.25) is 0 Å². The van der Waals surface area contributed by atoms with Crippen molar-refractivity contribution in [1.29, 1.82) is 0 Å². The predicted molar refractivity (Wildman–Crippen MR) is 238 cm³/mol. The molecule has 0 aliphatic heterocycles. The molecule has 0 bridgehead atoms.